The van der Waals surface area contributed by atoms with Crippen molar-refractivity contribution in [1.29, 1.82) is 0 Å². The summed E-state index contributed by atoms with van der Waals surface area (Å²) in [4.78, 5) is 31.3. The lowest BCUT2D eigenvalue weighted by Crippen LogP contribution is -2.15. The summed E-state index contributed by atoms with van der Waals surface area (Å²) in [5.74, 6) is 4.90. The van der Waals surface area contributed by atoms with Crippen molar-refractivity contribution in [2.75, 3.05) is 11.9 Å². The van der Waals surface area contributed by atoms with Gasteiger partial charge in [-0.25, -0.2) is 9.78 Å². The molecule has 0 atom stereocenters. The second-order valence-electron chi connectivity index (χ2n) is 3.48. The smallest absolute Gasteiger partial charge is 0.323 e. The minimum atomic E-state index is -0.488. The molecule has 7 nitrogen and oxygen atoms in total. The Morgan fingerprint density at radius 3 is 3.00 bits per heavy atom. The SMILES string of the molecule is O=C(Nc1cccc(C#CCO)n1)c1c[nH]c(=O)[nH]1. The first-order valence-electron chi connectivity index (χ1n) is 5.35. The number of carbonyl (C=O) groups is 1. The molecular weight excluding hydrogens is 248 g/mol. The Morgan fingerprint density at radius 1 is 1.47 bits per heavy atom. The van der Waals surface area contributed by atoms with Gasteiger partial charge in [0.05, 0.1) is 0 Å². The third-order valence-corrected chi connectivity index (χ3v) is 2.13. The fraction of sp³-hybridized carbons (Fsp3) is 0.0833. The molecule has 0 aliphatic heterocycles. The van der Waals surface area contributed by atoms with Crippen LogP contribution in [-0.4, -0.2) is 32.6 Å². The zero-order chi connectivity index (χ0) is 13.7. The fourth-order valence-corrected chi connectivity index (χ4v) is 1.34. The van der Waals surface area contributed by atoms with Crippen LogP contribution in [0.1, 0.15) is 16.2 Å². The van der Waals surface area contributed by atoms with Gasteiger partial charge in [-0.1, -0.05) is 12.0 Å². The van der Waals surface area contributed by atoms with E-state index in [1.54, 1.807) is 18.2 Å². The molecule has 0 spiro atoms. The first kappa shape index (κ1) is 12.6. The number of hydrogen-bond donors (Lipinski definition) is 4. The van der Waals surface area contributed by atoms with Gasteiger partial charge in [0.25, 0.3) is 5.91 Å². The average Bonchev–Trinajstić information content (AvgIpc) is 2.83. The molecule has 0 unspecified atom stereocenters. The number of carbonyl (C=O) groups excluding carboxylic acids is 1. The largest absolute Gasteiger partial charge is 0.384 e. The molecule has 96 valence electrons. The number of imidazole rings is 1. The third-order valence-electron chi connectivity index (χ3n) is 2.13. The molecule has 2 heterocycles. The van der Waals surface area contributed by atoms with Crippen LogP contribution < -0.4 is 11.0 Å². The molecule has 0 aliphatic rings. The number of aromatic amines is 2. The van der Waals surface area contributed by atoms with Gasteiger partial charge in [-0.05, 0) is 18.1 Å². The molecule has 2 rings (SSSR count). The van der Waals surface area contributed by atoms with Crippen molar-refractivity contribution >= 4 is 11.7 Å². The normalized spacial score (nSPS) is 9.53. The molecule has 7 heteroatoms. The van der Waals surface area contributed by atoms with E-state index >= 15 is 0 Å². The van der Waals surface area contributed by atoms with Crippen molar-refractivity contribution in [3.63, 3.8) is 0 Å². The molecule has 0 aromatic carbocycles. The molecule has 0 saturated carbocycles. The van der Waals surface area contributed by atoms with Gasteiger partial charge in [-0.2, -0.15) is 0 Å². The molecule has 2 aromatic heterocycles. The number of aromatic nitrogens is 3. The van der Waals surface area contributed by atoms with E-state index in [9.17, 15) is 9.59 Å². The Bertz CT molecular complexity index is 705. The highest BCUT2D eigenvalue weighted by Gasteiger charge is 2.08. The van der Waals surface area contributed by atoms with E-state index in [0.717, 1.165) is 0 Å². The summed E-state index contributed by atoms with van der Waals surface area (Å²) in [5, 5.41) is 11.1. The van der Waals surface area contributed by atoms with E-state index in [2.05, 4.69) is 32.1 Å². The summed E-state index contributed by atoms with van der Waals surface area (Å²) in [6.45, 7) is -0.261. The van der Waals surface area contributed by atoms with Crippen LogP contribution in [0.25, 0.3) is 0 Å². The standard InChI is InChI=1S/C12H10N4O3/c17-6-2-4-8-3-1-5-10(14-8)16-11(18)9-7-13-12(19)15-9/h1,3,5,7,17H,6H2,(H2,13,15,19)(H,14,16,18). The van der Waals surface area contributed by atoms with Crippen LogP contribution in [0.2, 0.25) is 0 Å². The van der Waals surface area contributed by atoms with Crippen molar-refractivity contribution in [3.8, 4) is 11.8 Å². The molecule has 0 bridgehead atoms. The summed E-state index contributed by atoms with van der Waals surface area (Å²) in [6.07, 6.45) is 1.27. The molecular formula is C12H10N4O3. The summed E-state index contributed by atoms with van der Waals surface area (Å²) in [6, 6.07) is 4.91. The minimum Gasteiger partial charge on any atom is -0.384 e. The summed E-state index contributed by atoms with van der Waals surface area (Å²) >= 11 is 0. The molecule has 2 aromatic rings. The molecule has 1 amide bonds. The molecule has 0 saturated heterocycles. The van der Waals surface area contributed by atoms with Crippen LogP contribution in [0.5, 0.6) is 0 Å². The second-order valence-corrected chi connectivity index (χ2v) is 3.48. The van der Waals surface area contributed by atoms with Crippen LogP contribution in [-0.2, 0) is 0 Å². The number of nitrogens with zero attached hydrogens (tertiary/aromatic N) is 1. The van der Waals surface area contributed by atoms with Gasteiger partial charge in [-0.15, -0.1) is 0 Å². The van der Waals surface area contributed by atoms with E-state index in [-0.39, 0.29) is 12.3 Å². The third kappa shape index (κ3) is 3.31. The number of aliphatic hydroxyl groups is 1. The highest BCUT2D eigenvalue weighted by Crippen LogP contribution is 2.05. The van der Waals surface area contributed by atoms with Gasteiger partial charge in [0.1, 0.15) is 23.8 Å². The van der Waals surface area contributed by atoms with Crippen LogP contribution in [0.3, 0.4) is 0 Å². The van der Waals surface area contributed by atoms with Crippen LogP contribution in [0.15, 0.2) is 29.2 Å². The van der Waals surface area contributed by atoms with Gasteiger partial charge in [0, 0.05) is 6.20 Å². The Hall–Kier alpha value is -2.85. The number of amides is 1. The lowest BCUT2D eigenvalue weighted by atomic mass is 10.3. The highest BCUT2D eigenvalue weighted by atomic mass is 16.2. The predicted molar refractivity (Wildman–Crippen MR) is 67.6 cm³/mol. The maximum Gasteiger partial charge on any atom is 0.323 e. The van der Waals surface area contributed by atoms with Crippen molar-refractivity contribution in [2.24, 2.45) is 0 Å². The van der Waals surface area contributed by atoms with Crippen LogP contribution in [0, 0.1) is 11.8 Å². The van der Waals surface area contributed by atoms with E-state index < -0.39 is 11.6 Å². The maximum atomic E-state index is 11.7. The number of anilines is 1. The van der Waals surface area contributed by atoms with Crippen molar-refractivity contribution in [1.82, 2.24) is 15.0 Å². The average molecular weight is 258 g/mol. The first-order valence-corrected chi connectivity index (χ1v) is 5.35. The number of nitrogens with one attached hydrogen (secondary N) is 3. The van der Waals surface area contributed by atoms with Crippen molar-refractivity contribution < 1.29 is 9.90 Å². The number of rotatable bonds is 2. The lowest BCUT2D eigenvalue weighted by Gasteiger charge is -2.02. The Balaban J connectivity index is 2.15. The number of H-pyrrole nitrogens is 2. The highest BCUT2D eigenvalue weighted by molar-refractivity contribution is 6.02. The van der Waals surface area contributed by atoms with Gasteiger partial charge < -0.3 is 20.4 Å². The zero-order valence-corrected chi connectivity index (χ0v) is 9.73. The monoisotopic (exact) mass is 258 g/mol. The van der Waals surface area contributed by atoms with E-state index in [0.29, 0.717) is 11.5 Å². The Kier molecular flexibility index (Phi) is 3.75. The fourth-order valence-electron chi connectivity index (χ4n) is 1.34. The second kappa shape index (κ2) is 5.66. The quantitative estimate of drug-likeness (QED) is 0.554. The number of pyridine rings is 1. The summed E-state index contributed by atoms with van der Waals surface area (Å²) < 4.78 is 0. The van der Waals surface area contributed by atoms with Gasteiger partial charge >= 0.3 is 5.69 Å². The molecule has 4 N–H and O–H groups in total. The van der Waals surface area contributed by atoms with E-state index in [4.69, 9.17) is 5.11 Å². The van der Waals surface area contributed by atoms with Crippen LogP contribution >= 0.6 is 0 Å². The predicted octanol–water partition coefficient (Wildman–Crippen LogP) is -0.306. The molecule has 0 radical (unpaired) electrons. The van der Waals surface area contributed by atoms with E-state index in [1.165, 1.54) is 6.20 Å². The van der Waals surface area contributed by atoms with Crippen LogP contribution in [0.4, 0.5) is 5.82 Å². The first-order chi connectivity index (χ1) is 9.19. The number of aliphatic hydroxyl groups excluding tert-OH is 1. The lowest BCUT2D eigenvalue weighted by molar-refractivity contribution is 0.102. The van der Waals surface area contributed by atoms with Gasteiger partial charge in [0.15, 0.2) is 0 Å². The van der Waals surface area contributed by atoms with Gasteiger partial charge in [-0.3, -0.25) is 4.79 Å². The Labute approximate surface area is 107 Å². The number of hydrogen-bond acceptors (Lipinski definition) is 4. The van der Waals surface area contributed by atoms with Gasteiger partial charge in [0.2, 0.25) is 0 Å². The Morgan fingerprint density at radius 2 is 2.32 bits per heavy atom. The molecule has 0 fully saturated rings. The molecule has 19 heavy (non-hydrogen) atoms. The maximum absolute atomic E-state index is 11.7. The summed E-state index contributed by atoms with van der Waals surface area (Å²) in [7, 11) is 0. The van der Waals surface area contributed by atoms with Crippen molar-refractivity contribution in [3.05, 3.63) is 46.3 Å². The summed E-state index contributed by atoms with van der Waals surface area (Å²) in [5.41, 5.74) is 0.0775. The topological polar surface area (TPSA) is 111 Å². The molecule has 0 aliphatic carbocycles. The van der Waals surface area contributed by atoms with E-state index in [1.807, 2.05) is 0 Å². The minimum absolute atomic E-state index is 0.110. The van der Waals surface area contributed by atoms with Crippen molar-refractivity contribution in [2.45, 2.75) is 0 Å². The zero-order valence-electron chi connectivity index (χ0n) is 9.73.